The molecular weight excluding hydrogens is 330 g/mol. The van der Waals surface area contributed by atoms with Gasteiger partial charge in [0, 0.05) is 23.2 Å². The molecule has 0 fully saturated rings. The minimum Gasteiger partial charge on any atom is -0.493 e. The fourth-order valence-corrected chi connectivity index (χ4v) is 3.02. The third kappa shape index (κ3) is 2.86. The highest BCUT2D eigenvalue weighted by atomic mass is 79.9. The number of rotatable bonds is 3. The third-order valence-electron chi connectivity index (χ3n) is 3.91. The topological polar surface area (TPSA) is 21.7 Å². The molecule has 1 aliphatic rings. The normalized spacial score (nSPS) is 13.8. The Kier molecular flexibility index (Phi) is 4.06. The molecule has 4 heteroatoms. The van der Waals surface area contributed by atoms with Gasteiger partial charge in [-0.2, -0.15) is 0 Å². The second-order valence-electron chi connectivity index (χ2n) is 5.12. The zero-order valence-electron chi connectivity index (χ0n) is 12.2. The number of fused-ring (bicyclic) bond motifs is 1. The van der Waals surface area contributed by atoms with E-state index in [1.165, 1.54) is 16.8 Å². The molecule has 0 aliphatic carbocycles. The molecule has 0 saturated carbocycles. The molecule has 1 heterocycles. The van der Waals surface area contributed by atoms with Crippen molar-refractivity contribution in [3.8, 4) is 11.5 Å². The summed E-state index contributed by atoms with van der Waals surface area (Å²) >= 11 is 3.48. The van der Waals surface area contributed by atoms with E-state index in [0.717, 1.165) is 35.5 Å². The Bertz CT molecular complexity index is 640. The average molecular weight is 348 g/mol. The molecule has 0 radical (unpaired) electrons. The highest BCUT2D eigenvalue weighted by Crippen LogP contribution is 2.34. The Morgan fingerprint density at radius 1 is 0.952 bits per heavy atom. The van der Waals surface area contributed by atoms with Gasteiger partial charge in [-0.15, -0.1) is 0 Å². The molecular formula is C17H18BrNO2. The number of nitrogens with zero attached hydrogens (tertiary/aromatic N) is 1. The number of anilines is 1. The van der Waals surface area contributed by atoms with Crippen molar-refractivity contribution in [3.63, 3.8) is 0 Å². The van der Waals surface area contributed by atoms with E-state index < -0.39 is 0 Å². The number of hydrogen-bond donors (Lipinski definition) is 0. The van der Waals surface area contributed by atoms with Gasteiger partial charge in [0.05, 0.1) is 14.2 Å². The highest BCUT2D eigenvalue weighted by Gasteiger charge is 2.19. The van der Waals surface area contributed by atoms with Gasteiger partial charge in [-0.05, 0) is 53.9 Å². The van der Waals surface area contributed by atoms with E-state index in [0.29, 0.717) is 0 Å². The van der Waals surface area contributed by atoms with Crippen LogP contribution in [0.25, 0.3) is 0 Å². The summed E-state index contributed by atoms with van der Waals surface area (Å²) in [4.78, 5) is 2.39. The zero-order valence-corrected chi connectivity index (χ0v) is 13.8. The number of ether oxygens (including phenoxy) is 2. The minimum atomic E-state index is 0.800. The average Bonchev–Trinajstić information content (AvgIpc) is 2.53. The predicted molar refractivity (Wildman–Crippen MR) is 88.4 cm³/mol. The monoisotopic (exact) mass is 347 g/mol. The standard InChI is InChI=1S/C17H18BrNO2/c1-20-16-9-12-7-8-19(11-13(12)10-17(16)21-2)15-5-3-14(18)4-6-15/h3-6,9-10H,7-8,11H2,1-2H3. The maximum Gasteiger partial charge on any atom is 0.161 e. The van der Waals surface area contributed by atoms with Crippen LogP contribution in [0, 0.1) is 0 Å². The van der Waals surface area contributed by atoms with Crippen LogP contribution in [0.15, 0.2) is 40.9 Å². The summed E-state index contributed by atoms with van der Waals surface area (Å²) in [6.45, 7) is 1.92. The van der Waals surface area contributed by atoms with Gasteiger partial charge in [0.2, 0.25) is 0 Å². The Balaban J connectivity index is 1.89. The van der Waals surface area contributed by atoms with Crippen molar-refractivity contribution in [2.45, 2.75) is 13.0 Å². The lowest BCUT2D eigenvalue weighted by Gasteiger charge is -2.31. The molecule has 2 aromatic carbocycles. The van der Waals surface area contributed by atoms with Crippen molar-refractivity contribution >= 4 is 21.6 Å². The van der Waals surface area contributed by atoms with Crippen molar-refractivity contribution in [1.82, 2.24) is 0 Å². The van der Waals surface area contributed by atoms with Crippen molar-refractivity contribution in [2.75, 3.05) is 25.7 Å². The van der Waals surface area contributed by atoms with Crippen LogP contribution < -0.4 is 14.4 Å². The molecule has 21 heavy (non-hydrogen) atoms. The fraction of sp³-hybridized carbons (Fsp3) is 0.294. The van der Waals surface area contributed by atoms with Crippen LogP contribution in [0.4, 0.5) is 5.69 Å². The van der Waals surface area contributed by atoms with Crippen LogP contribution in [0.3, 0.4) is 0 Å². The molecule has 0 unspecified atom stereocenters. The van der Waals surface area contributed by atoms with E-state index in [1.54, 1.807) is 14.2 Å². The van der Waals surface area contributed by atoms with Crippen LogP contribution in [0.2, 0.25) is 0 Å². The van der Waals surface area contributed by atoms with Crippen LogP contribution in [0.1, 0.15) is 11.1 Å². The van der Waals surface area contributed by atoms with Crippen molar-refractivity contribution in [1.29, 1.82) is 0 Å². The quantitative estimate of drug-likeness (QED) is 0.836. The van der Waals surface area contributed by atoms with Gasteiger partial charge < -0.3 is 14.4 Å². The van der Waals surface area contributed by atoms with Gasteiger partial charge in [-0.1, -0.05) is 15.9 Å². The first kappa shape index (κ1) is 14.3. The van der Waals surface area contributed by atoms with E-state index in [1.807, 2.05) is 0 Å². The Morgan fingerprint density at radius 2 is 1.57 bits per heavy atom. The summed E-state index contributed by atoms with van der Waals surface area (Å²) < 4.78 is 11.9. The fourth-order valence-electron chi connectivity index (χ4n) is 2.76. The van der Waals surface area contributed by atoms with E-state index in [4.69, 9.17) is 9.47 Å². The molecule has 2 aromatic rings. The molecule has 110 valence electrons. The van der Waals surface area contributed by atoms with Crippen molar-refractivity contribution < 1.29 is 9.47 Å². The molecule has 3 nitrogen and oxygen atoms in total. The SMILES string of the molecule is COc1cc2c(cc1OC)CN(c1ccc(Br)cc1)CC2. The lowest BCUT2D eigenvalue weighted by Crippen LogP contribution is -2.30. The van der Waals surface area contributed by atoms with Crippen LogP contribution >= 0.6 is 15.9 Å². The van der Waals surface area contributed by atoms with E-state index >= 15 is 0 Å². The molecule has 0 amide bonds. The molecule has 0 saturated heterocycles. The number of benzene rings is 2. The summed E-state index contributed by atoms with van der Waals surface area (Å²) in [6, 6.07) is 12.7. The van der Waals surface area contributed by atoms with E-state index in [9.17, 15) is 0 Å². The molecule has 0 atom stereocenters. The zero-order chi connectivity index (χ0) is 14.8. The predicted octanol–water partition coefficient (Wildman–Crippen LogP) is 4.03. The second-order valence-corrected chi connectivity index (χ2v) is 6.04. The Labute approximate surface area is 133 Å². The van der Waals surface area contributed by atoms with Crippen LogP contribution in [-0.2, 0) is 13.0 Å². The molecule has 0 spiro atoms. The van der Waals surface area contributed by atoms with Gasteiger partial charge in [0.25, 0.3) is 0 Å². The summed E-state index contributed by atoms with van der Waals surface area (Å²) in [5, 5.41) is 0. The van der Waals surface area contributed by atoms with Gasteiger partial charge in [0.15, 0.2) is 11.5 Å². The van der Waals surface area contributed by atoms with Crippen LogP contribution in [-0.4, -0.2) is 20.8 Å². The molecule has 0 bridgehead atoms. The Morgan fingerprint density at radius 3 is 2.19 bits per heavy atom. The first-order valence-electron chi connectivity index (χ1n) is 6.95. The van der Waals surface area contributed by atoms with Gasteiger partial charge in [0.1, 0.15) is 0 Å². The summed E-state index contributed by atoms with van der Waals surface area (Å²) in [6.07, 6.45) is 1.02. The molecule has 1 aliphatic heterocycles. The van der Waals surface area contributed by atoms with Crippen molar-refractivity contribution in [3.05, 3.63) is 52.0 Å². The van der Waals surface area contributed by atoms with Gasteiger partial charge in [-0.3, -0.25) is 0 Å². The van der Waals surface area contributed by atoms with E-state index in [-0.39, 0.29) is 0 Å². The largest absolute Gasteiger partial charge is 0.493 e. The maximum absolute atomic E-state index is 5.41. The molecule has 0 aromatic heterocycles. The third-order valence-corrected chi connectivity index (χ3v) is 4.44. The number of hydrogen-bond acceptors (Lipinski definition) is 3. The number of methoxy groups -OCH3 is 2. The second kappa shape index (κ2) is 5.98. The maximum atomic E-state index is 5.41. The van der Waals surface area contributed by atoms with Crippen molar-refractivity contribution in [2.24, 2.45) is 0 Å². The molecule has 0 N–H and O–H groups in total. The van der Waals surface area contributed by atoms with Gasteiger partial charge >= 0.3 is 0 Å². The molecule has 3 rings (SSSR count). The highest BCUT2D eigenvalue weighted by molar-refractivity contribution is 9.10. The lowest BCUT2D eigenvalue weighted by atomic mass is 9.98. The summed E-state index contributed by atoms with van der Waals surface area (Å²) in [5.74, 6) is 1.61. The smallest absolute Gasteiger partial charge is 0.161 e. The minimum absolute atomic E-state index is 0.800. The van der Waals surface area contributed by atoms with E-state index in [2.05, 4.69) is 57.2 Å². The number of halogens is 1. The summed E-state index contributed by atoms with van der Waals surface area (Å²) in [7, 11) is 3.36. The first-order valence-corrected chi connectivity index (χ1v) is 7.75. The first-order chi connectivity index (χ1) is 10.2. The van der Waals surface area contributed by atoms with Crippen LogP contribution in [0.5, 0.6) is 11.5 Å². The Hall–Kier alpha value is -1.68. The lowest BCUT2D eigenvalue weighted by molar-refractivity contribution is 0.353. The van der Waals surface area contributed by atoms with Gasteiger partial charge in [-0.25, -0.2) is 0 Å². The summed E-state index contributed by atoms with van der Waals surface area (Å²) in [5.41, 5.74) is 3.90.